The molecule has 0 aliphatic carbocycles. The Morgan fingerprint density at radius 1 is 1.26 bits per heavy atom. The van der Waals surface area contributed by atoms with Gasteiger partial charge in [-0.05, 0) is 12.1 Å². The van der Waals surface area contributed by atoms with Crippen LogP contribution in [-0.2, 0) is 0 Å². The summed E-state index contributed by atoms with van der Waals surface area (Å²) >= 11 is 18.1. The number of rotatable bonds is 3. The van der Waals surface area contributed by atoms with Gasteiger partial charge in [-0.1, -0.05) is 34.8 Å². The highest BCUT2D eigenvalue weighted by Crippen LogP contribution is 2.32. The maximum Gasteiger partial charge on any atom is 0.180 e. The van der Waals surface area contributed by atoms with Crippen molar-refractivity contribution in [3.8, 4) is 11.8 Å². The smallest absolute Gasteiger partial charge is 0.180 e. The number of anilines is 1. The van der Waals surface area contributed by atoms with Gasteiger partial charge in [0, 0.05) is 12.1 Å². The molecule has 19 heavy (non-hydrogen) atoms. The van der Waals surface area contributed by atoms with E-state index in [0.29, 0.717) is 32.1 Å². The number of benzene rings is 1. The molecule has 0 bridgehead atoms. The normalized spacial score (nSPS) is 10.3. The summed E-state index contributed by atoms with van der Waals surface area (Å²) in [7, 11) is 1.67. The van der Waals surface area contributed by atoms with Crippen LogP contribution in [0, 0.1) is 11.3 Å². The monoisotopic (exact) mass is 315 g/mol. The minimum Gasteiger partial charge on any atom is -0.303 e. The topological polar surface area (TPSA) is 65.7 Å². The second-order valence-electron chi connectivity index (χ2n) is 3.54. The van der Waals surface area contributed by atoms with Gasteiger partial charge in [0.2, 0.25) is 0 Å². The predicted octanol–water partition coefficient (Wildman–Crippen LogP) is 3.25. The predicted molar refractivity (Wildman–Crippen MR) is 76.0 cm³/mol. The number of nitrogens with one attached hydrogen (secondary N) is 2. The number of hydrogen-bond donors (Lipinski definition) is 2. The molecule has 2 aromatic rings. The first kappa shape index (κ1) is 14.0. The van der Waals surface area contributed by atoms with Gasteiger partial charge in [-0.25, -0.2) is 10.1 Å². The van der Waals surface area contributed by atoms with Gasteiger partial charge in [-0.15, -0.1) is 5.10 Å². The van der Waals surface area contributed by atoms with Crippen molar-refractivity contribution in [2.45, 2.75) is 0 Å². The average Bonchev–Trinajstić information content (AvgIpc) is 2.71. The first-order valence-corrected chi connectivity index (χ1v) is 6.27. The van der Waals surface area contributed by atoms with E-state index in [1.165, 1.54) is 10.9 Å². The number of nitriles is 1. The number of hydrazine groups is 1. The summed E-state index contributed by atoms with van der Waals surface area (Å²) in [6.45, 7) is 0. The molecule has 0 atom stereocenters. The van der Waals surface area contributed by atoms with E-state index in [9.17, 15) is 0 Å². The van der Waals surface area contributed by atoms with Crippen molar-refractivity contribution in [3.05, 3.63) is 39.0 Å². The van der Waals surface area contributed by atoms with Crippen LogP contribution in [0.25, 0.3) is 5.69 Å². The molecular weight excluding hydrogens is 309 g/mol. The van der Waals surface area contributed by atoms with Crippen LogP contribution in [0.5, 0.6) is 0 Å². The van der Waals surface area contributed by atoms with Crippen LogP contribution >= 0.6 is 34.8 Å². The lowest BCUT2D eigenvalue weighted by atomic mass is 10.3. The fourth-order valence-electron chi connectivity index (χ4n) is 1.53. The van der Waals surface area contributed by atoms with Gasteiger partial charge in [-0.3, -0.25) is 0 Å². The molecule has 0 aliphatic rings. The van der Waals surface area contributed by atoms with Crippen molar-refractivity contribution in [2.75, 3.05) is 12.5 Å². The van der Waals surface area contributed by atoms with E-state index in [-0.39, 0.29) is 0 Å². The Morgan fingerprint density at radius 2 is 1.89 bits per heavy atom. The largest absolute Gasteiger partial charge is 0.303 e. The van der Waals surface area contributed by atoms with Gasteiger partial charge in [0.15, 0.2) is 5.82 Å². The van der Waals surface area contributed by atoms with Gasteiger partial charge < -0.3 is 5.43 Å². The molecule has 1 aromatic heterocycles. The zero-order valence-electron chi connectivity index (χ0n) is 9.71. The summed E-state index contributed by atoms with van der Waals surface area (Å²) in [6, 6.07) is 5.14. The Bertz CT molecular complexity index is 636. The fraction of sp³-hybridized carbons (Fsp3) is 0.0909. The van der Waals surface area contributed by atoms with Crippen LogP contribution in [0.2, 0.25) is 15.1 Å². The quantitative estimate of drug-likeness (QED) is 0.853. The lowest BCUT2D eigenvalue weighted by Crippen LogP contribution is -2.16. The van der Waals surface area contributed by atoms with Crippen LogP contribution in [0.15, 0.2) is 18.3 Å². The van der Waals surface area contributed by atoms with Crippen molar-refractivity contribution in [2.24, 2.45) is 0 Å². The molecule has 0 saturated carbocycles. The molecule has 2 rings (SSSR count). The van der Waals surface area contributed by atoms with Gasteiger partial charge in [0.25, 0.3) is 0 Å². The molecule has 98 valence electrons. The van der Waals surface area contributed by atoms with Crippen molar-refractivity contribution >= 4 is 40.6 Å². The van der Waals surface area contributed by atoms with E-state index < -0.39 is 0 Å². The van der Waals surface area contributed by atoms with Crippen molar-refractivity contribution in [3.63, 3.8) is 0 Å². The van der Waals surface area contributed by atoms with Gasteiger partial charge >= 0.3 is 0 Å². The van der Waals surface area contributed by atoms with Crippen LogP contribution in [0.3, 0.4) is 0 Å². The highest BCUT2D eigenvalue weighted by atomic mass is 35.5. The summed E-state index contributed by atoms with van der Waals surface area (Å²) in [6.07, 6.45) is 1.53. The molecule has 8 heteroatoms. The SMILES string of the molecule is CNNc1nn(-c2c(Cl)cc(Cl)cc2Cl)cc1C#N. The maximum absolute atomic E-state index is 9.03. The third-order valence-corrected chi connectivity index (χ3v) is 3.08. The second kappa shape index (κ2) is 5.68. The van der Waals surface area contributed by atoms with E-state index in [2.05, 4.69) is 16.0 Å². The minimum atomic E-state index is 0.348. The second-order valence-corrected chi connectivity index (χ2v) is 4.79. The first-order valence-electron chi connectivity index (χ1n) is 5.14. The summed E-state index contributed by atoms with van der Waals surface area (Å²) in [5.41, 5.74) is 6.27. The molecule has 0 amide bonds. The summed E-state index contributed by atoms with van der Waals surface area (Å²) in [5.74, 6) is 0.382. The van der Waals surface area contributed by atoms with Crippen LogP contribution < -0.4 is 10.9 Å². The van der Waals surface area contributed by atoms with Crippen LogP contribution in [0.1, 0.15) is 5.56 Å². The number of aromatic nitrogens is 2. The molecular formula is C11H8Cl3N5. The van der Waals surface area contributed by atoms with Gasteiger partial charge in [0.05, 0.1) is 16.2 Å². The molecule has 5 nitrogen and oxygen atoms in total. The molecule has 0 unspecified atom stereocenters. The van der Waals surface area contributed by atoms with E-state index in [1.54, 1.807) is 19.2 Å². The molecule has 0 fully saturated rings. The van der Waals surface area contributed by atoms with E-state index >= 15 is 0 Å². The molecule has 2 N–H and O–H groups in total. The number of halogens is 3. The van der Waals surface area contributed by atoms with Gasteiger partial charge in [0.1, 0.15) is 17.3 Å². The van der Waals surface area contributed by atoms with Crippen LogP contribution in [0.4, 0.5) is 5.82 Å². The van der Waals surface area contributed by atoms with Crippen molar-refractivity contribution in [1.29, 1.82) is 5.26 Å². The van der Waals surface area contributed by atoms with E-state index in [0.717, 1.165) is 0 Å². The first-order chi connectivity index (χ1) is 9.06. The standard InChI is InChI=1S/C11H8Cl3N5/c1-16-17-11-6(4-15)5-19(18-11)10-8(13)2-7(12)3-9(10)14/h2-3,5,16H,1H3,(H,17,18). The lowest BCUT2D eigenvalue weighted by molar-refractivity contribution is 0.864. The number of nitrogens with zero attached hydrogens (tertiary/aromatic N) is 3. The maximum atomic E-state index is 9.03. The highest BCUT2D eigenvalue weighted by Gasteiger charge is 2.14. The lowest BCUT2D eigenvalue weighted by Gasteiger charge is -2.07. The molecule has 0 aliphatic heterocycles. The minimum absolute atomic E-state index is 0.348. The van der Waals surface area contributed by atoms with E-state index in [4.69, 9.17) is 40.1 Å². The third-order valence-electron chi connectivity index (χ3n) is 2.29. The van der Waals surface area contributed by atoms with Crippen LogP contribution in [-0.4, -0.2) is 16.8 Å². The zero-order valence-corrected chi connectivity index (χ0v) is 12.0. The highest BCUT2D eigenvalue weighted by molar-refractivity contribution is 6.40. The number of hydrogen-bond acceptors (Lipinski definition) is 4. The average molecular weight is 317 g/mol. The Balaban J connectivity index is 2.57. The van der Waals surface area contributed by atoms with Gasteiger partial charge in [-0.2, -0.15) is 5.26 Å². The fourth-order valence-corrected chi connectivity index (χ4v) is 2.52. The Morgan fingerprint density at radius 3 is 2.42 bits per heavy atom. The Labute approximate surface area is 124 Å². The van der Waals surface area contributed by atoms with Crippen molar-refractivity contribution < 1.29 is 0 Å². The molecule has 0 saturated heterocycles. The zero-order chi connectivity index (χ0) is 14.0. The Hall–Kier alpha value is -1.45. The van der Waals surface area contributed by atoms with E-state index in [1.807, 2.05) is 6.07 Å². The Kier molecular flexibility index (Phi) is 4.17. The molecule has 1 aromatic carbocycles. The summed E-state index contributed by atoms with van der Waals surface area (Å²) < 4.78 is 1.43. The summed E-state index contributed by atoms with van der Waals surface area (Å²) in [4.78, 5) is 0. The van der Waals surface area contributed by atoms with Crippen molar-refractivity contribution in [1.82, 2.24) is 15.2 Å². The molecule has 0 radical (unpaired) electrons. The molecule has 0 spiro atoms. The summed E-state index contributed by atoms with van der Waals surface area (Å²) in [5, 5.41) is 14.4. The third kappa shape index (κ3) is 2.77. The molecule has 1 heterocycles.